The van der Waals surface area contributed by atoms with Crippen molar-refractivity contribution in [2.45, 2.75) is 40.7 Å². The molecular weight excluding hydrogens is 380 g/mol. The van der Waals surface area contributed by atoms with Crippen molar-refractivity contribution in [3.63, 3.8) is 0 Å². The summed E-state index contributed by atoms with van der Waals surface area (Å²) in [5.41, 5.74) is 5.28. The SMILES string of the molecule is CCc1nc2ccccc2c(C(=O)OCC(=O)c2cc(C)n(CCOC)c2C)c1C. The number of ether oxygens (including phenoxy) is 2. The molecule has 158 valence electrons. The summed E-state index contributed by atoms with van der Waals surface area (Å²) in [4.78, 5) is 30.4. The van der Waals surface area contributed by atoms with Gasteiger partial charge in [0.05, 0.1) is 17.7 Å². The maximum Gasteiger partial charge on any atom is 0.339 e. The average Bonchev–Trinajstić information content (AvgIpc) is 3.03. The number of rotatable bonds is 8. The molecule has 0 atom stereocenters. The Morgan fingerprint density at radius 2 is 1.87 bits per heavy atom. The highest BCUT2D eigenvalue weighted by Gasteiger charge is 2.21. The number of carbonyl (C=O) groups excluding carboxylic acids is 2. The summed E-state index contributed by atoms with van der Waals surface area (Å²) in [7, 11) is 1.65. The van der Waals surface area contributed by atoms with E-state index in [1.807, 2.05) is 62.6 Å². The molecule has 6 nitrogen and oxygen atoms in total. The molecule has 0 radical (unpaired) electrons. The van der Waals surface area contributed by atoms with Crippen LogP contribution in [0.2, 0.25) is 0 Å². The number of ketones is 1. The van der Waals surface area contributed by atoms with E-state index in [0.29, 0.717) is 30.7 Å². The second kappa shape index (κ2) is 9.22. The summed E-state index contributed by atoms with van der Waals surface area (Å²) < 4.78 is 12.6. The Balaban J connectivity index is 1.83. The lowest BCUT2D eigenvalue weighted by Crippen LogP contribution is -2.17. The second-order valence-electron chi connectivity index (χ2n) is 7.36. The van der Waals surface area contributed by atoms with Gasteiger partial charge in [-0.2, -0.15) is 0 Å². The number of para-hydroxylation sites is 1. The van der Waals surface area contributed by atoms with E-state index in [1.54, 1.807) is 7.11 Å². The standard InChI is InChI=1S/C24H28N2O4/c1-6-20-16(3)23(18-9-7-8-10-21(18)25-20)24(28)30-14-22(27)19-13-15(2)26(17(19)4)11-12-29-5/h7-10,13H,6,11-12,14H2,1-5H3. The van der Waals surface area contributed by atoms with Gasteiger partial charge in [0, 0.05) is 41.7 Å². The van der Waals surface area contributed by atoms with Crippen LogP contribution in [0.5, 0.6) is 0 Å². The number of carbonyl (C=O) groups is 2. The summed E-state index contributed by atoms with van der Waals surface area (Å²) in [5, 5.41) is 0.738. The summed E-state index contributed by atoms with van der Waals surface area (Å²) in [6, 6.07) is 9.33. The maximum absolute atomic E-state index is 13.0. The van der Waals surface area contributed by atoms with E-state index < -0.39 is 5.97 Å². The van der Waals surface area contributed by atoms with Crippen LogP contribution >= 0.6 is 0 Å². The molecule has 0 saturated heterocycles. The van der Waals surface area contributed by atoms with Crippen molar-refractivity contribution in [1.29, 1.82) is 0 Å². The number of aryl methyl sites for hydroxylation is 2. The number of Topliss-reactive ketones (excluding diaryl/α,β-unsaturated/α-hetero) is 1. The summed E-state index contributed by atoms with van der Waals surface area (Å²) in [6.45, 7) is 8.65. The number of pyridine rings is 1. The van der Waals surface area contributed by atoms with Gasteiger partial charge in [0.25, 0.3) is 0 Å². The molecule has 0 aliphatic heterocycles. The van der Waals surface area contributed by atoms with Crippen molar-refractivity contribution in [3.05, 3.63) is 64.1 Å². The van der Waals surface area contributed by atoms with E-state index in [2.05, 4.69) is 4.98 Å². The summed E-state index contributed by atoms with van der Waals surface area (Å²) >= 11 is 0. The Bertz CT molecular complexity index is 1100. The highest BCUT2D eigenvalue weighted by atomic mass is 16.5. The molecule has 0 amide bonds. The number of benzene rings is 1. The lowest BCUT2D eigenvalue weighted by atomic mass is 10.0. The van der Waals surface area contributed by atoms with Gasteiger partial charge in [-0.05, 0) is 44.9 Å². The van der Waals surface area contributed by atoms with E-state index >= 15 is 0 Å². The van der Waals surface area contributed by atoms with Crippen LogP contribution in [0.25, 0.3) is 10.9 Å². The number of fused-ring (bicyclic) bond motifs is 1. The lowest BCUT2D eigenvalue weighted by Gasteiger charge is -2.13. The third kappa shape index (κ3) is 4.14. The van der Waals surface area contributed by atoms with Crippen molar-refractivity contribution >= 4 is 22.7 Å². The van der Waals surface area contributed by atoms with Crippen LogP contribution in [-0.2, 0) is 22.4 Å². The molecule has 0 bridgehead atoms. The van der Waals surface area contributed by atoms with Crippen LogP contribution in [0.4, 0.5) is 0 Å². The number of hydrogen-bond donors (Lipinski definition) is 0. The van der Waals surface area contributed by atoms with Gasteiger partial charge in [0.15, 0.2) is 6.61 Å². The quantitative estimate of drug-likeness (QED) is 0.412. The van der Waals surface area contributed by atoms with Gasteiger partial charge in [0.2, 0.25) is 5.78 Å². The minimum Gasteiger partial charge on any atom is -0.454 e. The van der Waals surface area contributed by atoms with Crippen molar-refractivity contribution in [3.8, 4) is 0 Å². The molecule has 0 unspecified atom stereocenters. The first kappa shape index (κ1) is 21.7. The Morgan fingerprint density at radius 3 is 2.57 bits per heavy atom. The first-order valence-electron chi connectivity index (χ1n) is 10.1. The summed E-state index contributed by atoms with van der Waals surface area (Å²) in [5.74, 6) is -0.714. The second-order valence-corrected chi connectivity index (χ2v) is 7.36. The largest absolute Gasteiger partial charge is 0.454 e. The van der Waals surface area contributed by atoms with Gasteiger partial charge >= 0.3 is 5.97 Å². The maximum atomic E-state index is 13.0. The third-order valence-corrected chi connectivity index (χ3v) is 5.50. The molecule has 3 aromatic rings. The van der Waals surface area contributed by atoms with Crippen molar-refractivity contribution in [1.82, 2.24) is 9.55 Å². The fourth-order valence-corrected chi connectivity index (χ4v) is 3.86. The fourth-order valence-electron chi connectivity index (χ4n) is 3.86. The Morgan fingerprint density at radius 1 is 1.13 bits per heavy atom. The summed E-state index contributed by atoms with van der Waals surface area (Å²) in [6.07, 6.45) is 0.712. The molecule has 0 fully saturated rings. The van der Waals surface area contributed by atoms with Gasteiger partial charge in [0.1, 0.15) is 0 Å². The molecule has 2 aromatic heterocycles. The van der Waals surface area contributed by atoms with Gasteiger partial charge in [-0.25, -0.2) is 4.79 Å². The van der Waals surface area contributed by atoms with E-state index in [9.17, 15) is 9.59 Å². The van der Waals surface area contributed by atoms with E-state index in [0.717, 1.165) is 33.5 Å². The van der Waals surface area contributed by atoms with E-state index in [-0.39, 0.29) is 12.4 Å². The number of nitrogens with zero attached hydrogens (tertiary/aromatic N) is 2. The van der Waals surface area contributed by atoms with Crippen molar-refractivity contribution < 1.29 is 19.1 Å². The number of aromatic nitrogens is 2. The molecule has 0 aliphatic rings. The third-order valence-electron chi connectivity index (χ3n) is 5.50. The predicted molar refractivity (Wildman–Crippen MR) is 116 cm³/mol. The van der Waals surface area contributed by atoms with Crippen LogP contribution in [0.1, 0.15) is 50.3 Å². The average molecular weight is 408 g/mol. The van der Waals surface area contributed by atoms with Gasteiger partial charge in [-0.1, -0.05) is 25.1 Å². The Kier molecular flexibility index (Phi) is 6.67. The van der Waals surface area contributed by atoms with Crippen LogP contribution in [0.15, 0.2) is 30.3 Å². The van der Waals surface area contributed by atoms with Crippen molar-refractivity contribution in [2.24, 2.45) is 0 Å². The first-order chi connectivity index (χ1) is 14.4. The number of hydrogen-bond acceptors (Lipinski definition) is 5. The Hall–Kier alpha value is -2.99. The highest BCUT2D eigenvalue weighted by Crippen LogP contribution is 2.24. The van der Waals surface area contributed by atoms with Crippen LogP contribution in [0.3, 0.4) is 0 Å². The van der Waals surface area contributed by atoms with Gasteiger partial charge < -0.3 is 14.0 Å². The Labute approximate surface area is 176 Å². The number of methoxy groups -OCH3 is 1. The van der Waals surface area contributed by atoms with E-state index in [1.165, 1.54) is 0 Å². The molecule has 30 heavy (non-hydrogen) atoms. The molecule has 2 heterocycles. The zero-order valence-corrected chi connectivity index (χ0v) is 18.2. The lowest BCUT2D eigenvalue weighted by molar-refractivity contribution is 0.0475. The fraction of sp³-hybridized carbons (Fsp3) is 0.375. The number of esters is 1. The molecule has 6 heteroatoms. The molecule has 0 N–H and O–H groups in total. The van der Waals surface area contributed by atoms with E-state index in [4.69, 9.17) is 9.47 Å². The minimum atomic E-state index is -0.498. The topological polar surface area (TPSA) is 70.4 Å². The van der Waals surface area contributed by atoms with Crippen LogP contribution in [-0.4, -0.2) is 41.6 Å². The van der Waals surface area contributed by atoms with Gasteiger partial charge in [-0.3, -0.25) is 9.78 Å². The zero-order chi connectivity index (χ0) is 21.8. The predicted octanol–water partition coefficient (Wildman–Crippen LogP) is 4.21. The normalized spacial score (nSPS) is 11.1. The molecular formula is C24H28N2O4. The minimum absolute atomic E-state index is 0.216. The molecule has 1 aromatic carbocycles. The van der Waals surface area contributed by atoms with Crippen LogP contribution in [0, 0.1) is 20.8 Å². The highest BCUT2D eigenvalue weighted by molar-refractivity contribution is 6.06. The monoisotopic (exact) mass is 408 g/mol. The first-order valence-corrected chi connectivity index (χ1v) is 10.1. The molecule has 3 rings (SSSR count). The van der Waals surface area contributed by atoms with Gasteiger partial charge in [-0.15, -0.1) is 0 Å². The van der Waals surface area contributed by atoms with Crippen molar-refractivity contribution in [2.75, 3.05) is 20.3 Å². The molecule has 0 saturated carbocycles. The van der Waals surface area contributed by atoms with Crippen LogP contribution < -0.4 is 0 Å². The molecule has 0 aliphatic carbocycles. The smallest absolute Gasteiger partial charge is 0.339 e. The molecule has 0 spiro atoms. The zero-order valence-electron chi connectivity index (χ0n) is 18.2.